The van der Waals surface area contributed by atoms with Gasteiger partial charge in [-0.2, -0.15) is 0 Å². The standard InChI is InChI=1S/C19H20ClN5O2S/c1-3-13-6-8-14(9-7-13)27-11-16-23-24-19(25(16)2)28-12-17(26)22-15-5-4-10-21-18(15)20/h4-10H,3,11-12H2,1-2H3,(H,22,26). The number of anilines is 1. The number of carbonyl (C=O) groups is 1. The predicted molar refractivity (Wildman–Crippen MR) is 110 cm³/mol. The number of aromatic nitrogens is 4. The molecule has 0 aliphatic carbocycles. The topological polar surface area (TPSA) is 81.9 Å². The molecule has 0 atom stereocenters. The Balaban J connectivity index is 1.52. The average molecular weight is 418 g/mol. The first-order chi connectivity index (χ1) is 13.6. The third-order valence-electron chi connectivity index (χ3n) is 3.99. The zero-order valence-electron chi connectivity index (χ0n) is 15.6. The summed E-state index contributed by atoms with van der Waals surface area (Å²) in [6.45, 7) is 2.41. The molecule has 2 heterocycles. The summed E-state index contributed by atoms with van der Waals surface area (Å²) in [5.74, 6) is 1.44. The minimum atomic E-state index is -0.197. The monoisotopic (exact) mass is 417 g/mol. The van der Waals surface area contributed by atoms with Crippen LogP contribution >= 0.6 is 23.4 Å². The van der Waals surface area contributed by atoms with Gasteiger partial charge < -0.3 is 14.6 Å². The number of thioether (sulfide) groups is 1. The van der Waals surface area contributed by atoms with Gasteiger partial charge in [-0.3, -0.25) is 4.79 Å². The molecule has 3 aromatic rings. The van der Waals surface area contributed by atoms with Crippen molar-refractivity contribution >= 4 is 35.0 Å². The third kappa shape index (κ3) is 5.24. The van der Waals surface area contributed by atoms with Crippen molar-refractivity contribution in [3.8, 4) is 5.75 Å². The smallest absolute Gasteiger partial charge is 0.234 e. The van der Waals surface area contributed by atoms with Gasteiger partial charge in [0.1, 0.15) is 12.4 Å². The van der Waals surface area contributed by atoms with Gasteiger partial charge >= 0.3 is 0 Å². The van der Waals surface area contributed by atoms with Gasteiger partial charge in [0.25, 0.3) is 0 Å². The number of hydrogen-bond acceptors (Lipinski definition) is 6. The summed E-state index contributed by atoms with van der Waals surface area (Å²) in [5, 5.41) is 11.9. The number of benzene rings is 1. The molecule has 0 unspecified atom stereocenters. The highest BCUT2D eigenvalue weighted by molar-refractivity contribution is 7.99. The Morgan fingerprint density at radius 2 is 2.04 bits per heavy atom. The van der Waals surface area contributed by atoms with Gasteiger partial charge in [-0.25, -0.2) is 4.98 Å². The molecule has 0 aliphatic rings. The van der Waals surface area contributed by atoms with Gasteiger partial charge in [-0.15, -0.1) is 10.2 Å². The van der Waals surface area contributed by atoms with E-state index in [2.05, 4.69) is 27.4 Å². The van der Waals surface area contributed by atoms with Gasteiger partial charge in [0.2, 0.25) is 5.91 Å². The van der Waals surface area contributed by atoms with E-state index in [-0.39, 0.29) is 16.8 Å². The first kappa shape index (κ1) is 20.2. The normalized spacial score (nSPS) is 10.7. The lowest BCUT2D eigenvalue weighted by atomic mass is 10.2. The Labute approximate surface area is 172 Å². The Bertz CT molecular complexity index is 946. The van der Waals surface area contributed by atoms with Gasteiger partial charge in [0, 0.05) is 13.2 Å². The molecule has 0 aliphatic heterocycles. The molecule has 9 heteroatoms. The number of aryl methyl sites for hydroxylation is 1. The summed E-state index contributed by atoms with van der Waals surface area (Å²) in [5.41, 5.74) is 1.74. The van der Waals surface area contributed by atoms with Crippen LogP contribution in [0.4, 0.5) is 5.69 Å². The summed E-state index contributed by atoms with van der Waals surface area (Å²) < 4.78 is 7.58. The van der Waals surface area contributed by atoms with E-state index in [1.807, 2.05) is 35.9 Å². The van der Waals surface area contributed by atoms with Crippen molar-refractivity contribution in [3.63, 3.8) is 0 Å². The van der Waals surface area contributed by atoms with E-state index in [4.69, 9.17) is 16.3 Å². The van der Waals surface area contributed by atoms with Crippen LogP contribution in [0.5, 0.6) is 5.75 Å². The number of pyridine rings is 1. The van der Waals surface area contributed by atoms with E-state index < -0.39 is 0 Å². The van der Waals surface area contributed by atoms with Crippen molar-refractivity contribution in [2.75, 3.05) is 11.1 Å². The van der Waals surface area contributed by atoms with E-state index in [0.717, 1.165) is 12.2 Å². The molecule has 0 saturated carbocycles. The molecular formula is C19H20ClN5O2S. The lowest BCUT2D eigenvalue weighted by Crippen LogP contribution is -2.15. The summed E-state index contributed by atoms with van der Waals surface area (Å²) in [7, 11) is 1.84. The molecule has 3 rings (SSSR count). The first-order valence-electron chi connectivity index (χ1n) is 8.70. The molecule has 7 nitrogen and oxygen atoms in total. The van der Waals surface area contributed by atoms with Crippen molar-refractivity contribution in [1.82, 2.24) is 19.7 Å². The van der Waals surface area contributed by atoms with Crippen LogP contribution in [0.15, 0.2) is 47.8 Å². The fourth-order valence-corrected chi connectivity index (χ4v) is 3.26. The maximum atomic E-state index is 12.1. The highest BCUT2D eigenvalue weighted by Gasteiger charge is 2.13. The molecule has 1 N–H and O–H groups in total. The van der Waals surface area contributed by atoms with Crippen LogP contribution in [0.2, 0.25) is 5.15 Å². The molecule has 0 saturated heterocycles. The quantitative estimate of drug-likeness (QED) is 0.444. The second kappa shape index (κ2) is 9.57. The highest BCUT2D eigenvalue weighted by atomic mass is 35.5. The Morgan fingerprint density at radius 1 is 1.25 bits per heavy atom. The fraction of sp³-hybridized carbons (Fsp3) is 0.263. The Morgan fingerprint density at radius 3 is 2.75 bits per heavy atom. The Kier molecular flexibility index (Phi) is 6.89. The third-order valence-corrected chi connectivity index (χ3v) is 5.31. The fourth-order valence-electron chi connectivity index (χ4n) is 2.36. The molecule has 0 spiro atoms. The Hall–Kier alpha value is -2.58. The molecule has 146 valence electrons. The van der Waals surface area contributed by atoms with E-state index >= 15 is 0 Å². The van der Waals surface area contributed by atoms with Crippen molar-refractivity contribution < 1.29 is 9.53 Å². The first-order valence-corrected chi connectivity index (χ1v) is 10.1. The van der Waals surface area contributed by atoms with Crippen LogP contribution in [-0.2, 0) is 24.9 Å². The SMILES string of the molecule is CCc1ccc(OCc2nnc(SCC(=O)Nc3cccnc3Cl)n2C)cc1. The molecule has 0 fully saturated rings. The zero-order chi connectivity index (χ0) is 19.9. The van der Waals surface area contributed by atoms with E-state index in [9.17, 15) is 4.79 Å². The highest BCUT2D eigenvalue weighted by Crippen LogP contribution is 2.20. The summed E-state index contributed by atoms with van der Waals surface area (Å²) in [6, 6.07) is 11.4. The number of ether oxygens (including phenoxy) is 1. The van der Waals surface area contributed by atoms with Gasteiger partial charge in [-0.1, -0.05) is 42.4 Å². The molecule has 28 heavy (non-hydrogen) atoms. The molecule has 0 bridgehead atoms. The maximum absolute atomic E-state index is 12.1. The van der Waals surface area contributed by atoms with Gasteiger partial charge in [0.15, 0.2) is 16.1 Å². The van der Waals surface area contributed by atoms with Crippen molar-refractivity contribution in [1.29, 1.82) is 0 Å². The van der Waals surface area contributed by atoms with E-state index in [0.29, 0.717) is 23.3 Å². The number of amides is 1. The molecular weight excluding hydrogens is 398 g/mol. The number of hydrogen-bond donors (Lipinski definition) is 1. The largest absolute Gasteiger partial charge is 0.486 e. The zero-order valence-corrected chi connectivity index (χ0v) is 17.1. The number of carbonyl (C=O) groups excluding carboxylic acids is 1. The van der Waals surface area contributed by atoms with Crippen LogP contribution in [0.1, 0.15) is 18.3 Å². The van der Waals surface area contributed by atoms with Crippen LogP contribution in [0.25, 0.3) is 0 Å². The molecule has 1 aromatic carbocycles. The van der Waals surface area contributed by atoms with Crippen LogP contribution in [0, 0.1) is 0 Å². The van der Waals surface area contributed by atoms with Crippen LogP contribution in [0.3, 0.4) is 0 Å². The molecule has 1 amide bonds. The van der Waals surface area contributed by atoms with Crippen molar-refractivity contribution in [3.05, 3.63) is 59.1 Å². The lowest BCUT2D eigenvalue weighted by molar-refractivity contribution is -0.113. The maximum Gasteiger partial charge on any atom is 0.234 e. The average Bonchev–Trinajstić information content (AvgIpc) is 3.06. The van der Waals surface area contributed by atoms with E-state index in [1.54, 1.807) is 18.3 Å². The molecule has 0 radical (unpaired) electrons. The minimum absolute atomic E-state index is 0.177. The number of nitrogens with one attached hydrogen (secondary N) is 1. The summed E-state index contributed by atoms with van der Waals surface area (Å²) in [6.07, 6.45) is 2.55. The van der Waals surface area contributed by atoms with Crippen LogP contribution < -0.4 is 10.1 Å². The van der Waals surface area contributed by atoms with Crippen molar-refractivity contribution in [2.24, 2.45) is 7.05 Å². The number of halogens is 1. The summed E-state index contributed by atoms with van der Waals surface area (Å²) in [4.78, 5) is 16.0. The van der Waals surface area contributed by atoms with Crippen LogP contribution in [-0.4, -0.2) is 31.4 Å². The second-order valence-electron chi connectivity index (χ2n) is 5.92. The number of nitrogens with zero attached hydrogens (tertiary/aromatic N) is 4. The predicted octanol–water partition coefficient (Wildman–Crippen LogP) is 3.74. The number of rotatable bonds is 8. The summed E-state index contributed by atoms with van der Waals surface area (Å²) >= 11 is 7.23. The van der Waals surface area contributed by atoms with E-state index in [1.165, 1.54) is 17.3 Å². The van der Waals surface area contributed by atoms with Gasteiger partial charge in [-0.05, 0) is 36.2 Å². The molecule has 2 aromatic heterocycles. The second-order valence-corrected chi connectivity index (χ2v) is 7.22. The lowest BCUT2D eigenvalue weighted by Gasteiger charge is -2.08. The van der Waals surface area contributed by atoms with Crippen molar-refractivity contribution in [2.45, 2.75) is 25.1 Å². The minimum Gasteiger partial charge on any atom is -0.486 e. The van der Waals surface area contributed by atoms with Gasteiger partial charge in [0.05, 0.1) is 11.4 Å².